The van der Waals surface area contributed by atoms with Crippen LogP contribution >= 0.6 is 0 Å². The summed E-state index contributed by atoms with van der Waals surface area (Å²) in [4.78, 5) is 15.7. The van der Waals surface area contributed by atoms with E-state index < -0.39 is 5.97 Å². The van der Waals surface area contributed by atoms with Crippen LogP contribution in [0.5, 0.6) is 5.75 Å². The van der Waals surface area contributed by atoms with Crippen LogP contribution in [0.25, 0.3) is 10.9 Å². The SMILES string of the molecule is O=C(O)c1c(OCC2CCC2)cnc2ccccc12. The third kappa shape index (κ3) is 2.26. The van der Waals surface area contributed by atoms with E-state index in [1.165, 1.54) is 25.5 Å². The summed E-state index contributed by atoms with van der Waals surface area (Å²) in [7, 11) is 0. The summed E-state index contributed by atoms with van der Waals surface area (Å²) < 4.78 is 5.67. The van der Waals surface area contributed by atoms with E-state index in [2.05, 4.69) is 4.98 Å². The molecule has 3 rings (SSSR count). The van der Waals surface area contributed by atoms with Gasteiger partial charge in [0, 0.05) is 5.39 Å². The number of fused-ring (bicyclic) bond motifs is 1. The lowest BCUT2D eigenvalue weighted by atomic mass is 9.86. The number of carboxylic acid groups (broad SMARTS) is 1. The van der Waals surface area contributed by atoms with Crippen LogP contribution in [0.4, 0.5) is 0 Å². The van der Waals surface area contributed by atoms with Crippen molar-refractivity contribution in [3.8, 4) is 5.75 Å². The summed E-state index contributed by atoms with van der Waals surface area (Å²) in [6.45, 7) is 0.584. The predicted molar refractivity (Wildman–Crippen MR) is 71.5 cm³/mol. The fraction of sp³-hybridized carbons (Fsp3) is 0.333. The molecule has 0 unspecified atom stereocenters. The second-order valence-corrected chi connectivity index (χ2v) is 4.93. The summed E-state index contributed by atoms with van der Waals surface area (Å²) in [5.74, 6) is -0.0339. The highest BCUT2D eigenvalue weighted by Gasteiger charge is 2.21. The van der Waals surface area contributed by atoms with Crippen LogP contribution in [0, 0.1) is 5.92 Å². The van der Waals surface area contributed by atoms with Gasteiger partial charge >= 0.3 is 5.97 Å². The molecule has 1 fully saturated rings. The minimum atomic E-state index is -0.970. The second kappa shape index (κ2) is 4.88. The Balaban J connectivity index is 1.97. The Labute approximate surface area is 111 Å². The average molecular weight is 257 g/mol. The number of aromatic carboxylic acids is 1. The number of carbonyl (C=O) groups is 1. The molecule has 4 nitrogen and oxygen atoms in total. The maximum Gasteiger partial charge on any atom is 0.340 e. The van der Waals surface area contributed by atoms with E-state index in [1.54, 1.807) is 12.1 Å². The maximum atomic E-state index is 11.5. The van der Waals surface area contributed by atoms with Crippen molar-refractivity contribution in [2.24, 2.45) is 5.92 Å². The van der Waals surface area contributed by atoms with E-state index in [0.29, 0.717) is 29.2 Å². The van der Waals surface area contributed by atoms with Gasteiger partial charge in [-0.05, 0) is 24.8 Å². The van der Waals surface area contributed by atoms with Crippen LogP contribution < -0.4 is 4.74 Å². The zero-order valence-electron chi connectivity index (χ0n) is 10.5. The van der Waals surface area contributed by atoms with Gasteiger partial charge in [-0.2, -0.15) is 0 Å². The Morgan fingerprint density at radius 2 is 2.16 bits per heavy atom. The summed E-state index contributed by atoms with van der Waals surface area (Å²) in [6, 6.07) is 7.22. The van der Waals surface area contributed by atoms with Gasteiger partial charge in [0.1, 0.15) is 5.56 Å². The smallest absolute Gasteiger partial charge is 0.340 e. The van der Waals surface area contributed by atoms with Crippen molar-refractivity contribution in [2.45, 2.75) is 19.3 Å². The van der Waals surface area contributed by atoms with E-state index in [4.69, 9.17) is 4.74 Å². The molecular formula is C15H15NO3. The molecule has 0 spiro atoms. The number of benzene rings is 1. The number of ether oxygens (including phenoxy) is 1. The van der Waals surface area contributed by atoms with Gasteiger partial charge < -0.3 is 9.84 Å². The third-order valence-corrected chi connectivity index (χ3v) is 3.65. The lowest BCUT2D eigenvalue weighted by molar-refractivity contribution is 0.0692. The Kier molecular flexibility index (Phi) is 3.07. The Morgan fingerprint density at radius 1 is 1.37 bits per heavy atom. The predicted octanol–water partition coefficient (Wildman–Crippen LogP) is 3.11. The largest absolute Gasteiger partial charge is 0.491 e. The molecule has 1 aliphatic rings. The van der Waals surface area contributed by atoms with Crippen LogP contribution in [-0.2, 0) is 0 Å². The number of para-hydroxylation sites is 1. The van der Waals surface area contributed by atoms with Crippen LogP contribution in [0.15, 0.2) is 30.5 Å². The highest BCUT2D eigenvalue weighted by atomic mass is 16.5. The Bertz CT molecular complexity index is 620. The zero-order chi connectivity index (χ0) is 13.2. The molecule has 19 heavy (non-hydrogen) atoms. The number of hydrogen-bond donors (Lipinski definition) is 1. The van der Waals surface area contributed by atoms with Crippen molar-refractivity contribution >= 4 is 16.9 Å². The van der Waals surface area contributed by atoms with E-state index in [0.717, 1.165) is 0 Å². The standard InChI is InChI=1S/C15H15NO3/c17-15(18)14-11-6-1-2-7-12(11)16-8-13(14)19-9-10-4-3-5-10/h1-2,6-8,10H,3-5,9H2,(H,17,18). The summed E-state index contributed by atoms with van der Waals surface area (Å²) in [5, 5.41) is 10.0. The van der Waals surface area contributed by atoms with Crippen molar-refractivity contribution in [2.75, 3.05) is 6.61 Å². The molecular weight excluding hydrogens is 242 g/mol. The van der Waals surface area contributed by atoms with Gasteiger partial charge in [0.05, 0.1) is 18.3 Å². The van der Waals surface area contributed by atoms with E-state index in [1.807, 2.05) is 12.1 Å². The zero-order valence-corrected chi connectivity index (χ0v) is 10.5. The summed E-state index contributed by atoms with van der Waals surface area (Å²) >= 11 is 0. The van der Waals surface area contributed by atoms with Gasteiger partial charge in [-0.15, -0.1) is 0 Å². The first kappa shape index (κ1) is 12.0. The van der Waals surface area contributed by atoms with Gasteiger partial charge in [-0.1, -0.05) is 24.6 Å². The maximum absolute atomic E-state index is 11.5. The molecule has 0 bridgehead atoms. The minimum Gasteiger partial charge on any atom is -0.491 e. The molecule has 1 aliphatic carbocycles. The van der Waals surface area contributed by atoms with Crippen molar-refractivity contribution in [1.29, 1.82) is 0 Å². The molecule has 1 aromatic heterocycles. The summed E-state index contributed by atoms with van der Waals surface area (Å²) in [6.07, 6.45) is 5.10. The molecule has 4 heteroatoms. The molecule has 0 atom stereocenters. The Hall–Kier alpha value is -2.10. The normalized spacial score (nSPS) is 15.2. The average Bonchev–Trinajstić information content (AvgIpc) is 2.36. The Morgan fingerprint density at radius 3 is 2.84 bits per heavy atom. The third-order valence-electron chi connectivity index (χ3n) is 3.65. The first-order valence-electron chi connectivity index (χ1n) is 6.49. The topological polar surface area (TPSA) is 59.4 Å². The van der Waals surface area contributed by atoms with E-state index in [-0.39, 0.29) is 5.56 Å². The van der Waals surface area contributed by atoms with Crippen LogP contribution in [0.3, 0.4) is 0 Å². The molecule has 1 aromatic carbocycles. The van der Waals surface area contributed by atoms with E-state index >= 15 is 0 Å². The number of nitrogens with zero attached hydrogens (tertiary/aromatic N) is 1. The summed E-state index contributed by atoms with van der Waals surface area (Å²) in [5.41, 5.74) is 0.890. The lowest BCUT2D eigenvalue weighted by Crippen LogP contribution is -2.20. The van der Waals surface area contributed by atoms with Crippen molar-refractivity contribution < 1.29 is 14.6 Å². The molecule has 1 N–H and O–H groups in total. The van der Waals surface area contributed by atoms with Gasteiger partial charge in [0.2, 0.25) is 0 Å². The quantitative estimate of drug-likeness (QED) is 0.914. The highest BCUT2D eigenvalue weighted by molar-refractivity contribution is 6.04. The van der Waals surface area contributed by atoms with Gasteiger partial charge in [-0.3, -0.25) is 4.98 Å². The lowest BCUT2D eigenvalue weighted by Gasteiger charge is -2.25. The van der Waals surface area contributed by atoms with Crippen LogP contribution in [0.1, 0.15) is 29.6 Å². The van der Waals surface area contributed by atoms with Crippen LogP contribution in [0.2, 0.25) is 0 Å². The molecule has 2 aromatic rings. The second-order valence-electron chi connectivity index (χ2n) is 4.93. The van der Waals surface area contributed by atoms with E-state index in [9.17, 15) is 9.90 Å². The van der Waals surface area contributed by atoms with Crippen molar-refractivity contribution in [3.63, 3.8) is 0 Å². The highest BCUT2D eigenvalue weighted by Crippen LogP contribution is 2.30. The number of hydrogen-bond acceptors (Lipinski definition) is 3. The van der Waals surface area contributed by atoms with Crippen molar-refractivity contribution in [1.82, 2.24) is 4.98 Å². The van der Waals surface area contributed by atoms with Gasteiger partial charge in [0.25, 0.3) is 0 Å². The molecule has 1 heterocycles. The van der Waals surface area contributed by atoms with Crippen molar-refractivity contribution in [3.05, 3.63) is 36.0 Å². The number of rotatable bonds is 4. The first-order chi connectivity index (χ1) is 9.25. The molecule has 0 radical (unpaired) electrons. The molecule has 0 amide bonds. The fourth-order valence-corrected chi connectivity index (χ4v) is 2.32. The monoisotopic (exact) mass is 257 g/mol. The molecule has 0 saturated heterocycles. The number of pyridine rings is 1. The van der Waals surface area contributed by atoms with Crippen LogP contribution in [-0.4, -0.2) is 22.7 Å². The minimum absolute atomic E-state index is 0.213. The molecule has 1 saturated carbocycles. The first-order valence-corrected chi connectivity index (χ1v) is 6.49. The van der Waals surface area contributed by atoms with Gasteiger partial charge in [-0.25, -0.2) is 4.79 Å². The van der Waals surface area contributed by atoms with Gasteiger partial charge in [0.15, 0.2) is 5.75 Å². The fourth-order valence-electron chi connectivity index (χ4n) is 2.32. The number of carboxylic acids is 1. The molecule has 98 valence electrons. The number of aromatic nitrogens is 1. The molecule has 0 aliphatic heterocycles.